The van der Waals surface area contributed by atoms with E-state index >= 15 is 0 Å². The summed E-state index contributed by atoms with van der Waals surface area (Å²) < 4.78 is 0. The van der Waals surface area contributed by atoms with E-state index in [1.165, 1.54) is 0 Å². The number of hydrogen-bond acceptors (Lipinski definition) is 3. The third-order valence-electron chi connectivity index (χ3n) is 7.23. The fourth-order valence-electron chi connectivity index (χ4n) is 4.34. The van der Waals surface area contributed by atoms with E-state index in [0.717, 1.165) is 77.0 Å². The van der Waals surface area contributed by atoms with Crippen LogP contribution in [0.3, 0.4) is 0 Å². The molecule has 284 valence electrons. The lowest BCUT2D eigenvalue weighted by molar-refractivity contribution is -0.126. The molecular formula is C47H68N2O3. The van der Waals surface area contributed by atoms with Crippen LogP contribution >= 0.6 is 0 Å². The Morgan fingerprint density at radius 3 is 0.769 bits per heavy atom. The van der Waals surface area contributed by atoms with E-state index in [1.807, 2.05) is 24.3 Å². The standard InChI is InChI=1S/C47H68N2O3/c1-3-5-7-9-11-13-15-17-19-21-23-25-27-29-31-33-35-37-39-41-46(51)48-43-45(50)44-49-47(52)42-40-38-36-34-32-30-28-26-24-22-20-18-16-14-12-10-8-6-4-2/h5-8,11-14,17-20,23-26,29-32,35-38H,3-4,9-10,15-16,21-22,27-28,33-34,39-44H2,1-2H3,(H,48,51)(H,49,52)/b7-5-,8-6-,13-11-,14-12-,19-17-,20-18-,25-23-,26-24-,31-29-,32-30-,37-35-,38-36-. The maximum Gasteiger partial charge on any atom is 0.220 e. The van der Waals surface area contributed by atoms with E-state index in [-0.39, 0.29) is 30.7 Å². The summed E-state index contributed by atoms with van der Waals surface area (Å²) in [4.78, 5) is 36.1. The average Bonchev–Trinajstić information content (AvgIpc) is 3.15. The molecule has 0 aliphatic carbocycles. The summed E-state index contributed by atoms with van der Waals surface area (Å²) in [5.74, 6) is -0.557. The van der Waals surface area contributed by atoms with Gasteiger partial charge >= 0.3 is 0 Å². The number of nitrogens with one attached hydrogen (secondary N) is 2. The molecule has 0 saturated carbocycles. The van der Waals surface area contributed by atoms with Crippen LogP contribution in [0, 0.1) is 0 Å². The van der Waals surface area contributed by atoms with Gasteiger partial charge < -0.3 is 10.6 Å². The Balaban J connectivity index is 3.75. The van der Waals surface area contributed by atoms with E-state index in [1.54, 1.807) is 0 Å². The van der Waals surface area contributed by atoms with E-state index in [9.17, 15) is 14.4 Å². The van der Waals surface area contributed by atoms with Gasteiger partial charge in [-0.2, -0.15) is 0 Å². The number of carbonyl (C=O) groups excluding carboxylic acids is 3. The normalized spacial score (nSPS) is 13.1. The number of ketones is 1. The van der Waals surface area contributed by atoms with Gasteiger partial charge in [-0.05, 0) is 89.9 Å². The van der Waals surface area contributed by atoms with Crippen LogP contribution in [0.25, 0.3) is 0 Å². The molecule has 0 aromatic rings. The van der Waals surface area contributed by atoms with E-state index in [0.29, 0.717) is 25.7 Å². The van der Waals surface area contributed by atoms with Crippen LogP contribution in [0.5, 0.6) is 0 Å². The molecule has 0 saturated heterocycles. The lowest BCUT2D eigenvalue weighted by atomic mass is 10.2. The minimum Gasteiger partial charge on any atom is -0.349 e. The van der Waals surface area contributed by atoms with Crippen molar-refractivity contribution < 1.29 is 14.4 Å². The van der Waals surface area contributed by atoms with Gasteiger partial charge in [0, 0.05) is 12.8 Å². The Labute approximate surface area is 317 Å². The van der Waals surface area contributed by atoms with Crippen LogP contribution < -0.4 is 10.6 Å². The van der Waals surface area contributed by atoms with E-state index in [4.69, 9.17) is 0 Å². The van der Waals surface area contributed by atoms with Crippen molar-refractivity contribution in [2.24, 2.45) is 0 Å². The molecule has 5 heteroatoms. The highest BCUT2D eigenvalue weighted by atomic mass is 16.2. The van der Waals surface area contributed by atoms with Gasteiger partial charge in [0.05, 0.1) is 13.1 Å². The molecule has 0 radical (unpaired) electrons. The molecule has 0 bridgehead atoms. The van der Waals surface area contributed by atoms with Crippen molar-refractivity contribution >= 4 is 17.6 Å². The molecular weight excluding hydrogens is 641 g/mol. The Hall–Kier alpha value is -4.51. The van der Waals surface area contributed by atoms with Gasteiger partial charge in [0.2, 0.25) is 11.8 Å². The zero-order valence-corrected chi connectivity index (χ0v) is 32.3. The first-order chi connectivity index (χ1) is 25.6. The molecule has 0 aromatic carbocycles. The smallest absolute Gasteiger partial charge is 0.220 e. The zero-order chi connectivity index (χ0) is 37.8. The number of rotatable bonds is 32. The highest BCUT2D eigenvalue weighted by Crippen LogP contribution is 2.00. The van der Waals surface area contributed by atoms with Gasteiger partial charge in [-0.25, -0.2) is 0 Å². The maximum absolute atomic E-state index is 12.1. The minimum atomic E-state index is -0.218. The average molecular weight is 709 g/mol. The van der Waals surface area contributed by atoms with E-state index < -0.39 is 0 Å². The topological polar surface area (TPSA) is 75.3 Å². The van der Waals surface area contributed by atoms with Gasteiger partial charge in [-0.3, -0.25) is 14.4 Å². The zero-order valence-electron chi connectivity index (χ0n) is 32.3. The monoisotopic (exact) mass is 709 g/mol. The van der Waals surface area contributed by atoms with E-state index in [2.05, 4.69) is 146 Å². The van der Waals surface area contributed by atoms with Crippen molar-refractivity contribution in [2.75, 3.05) is 13.1 Å². The third-order valence-corrected chi connectivity index (χ3v) is 7.23. The predicted octanol–water partition coefficient (Wildman–Crippen LogP) is 11.7. The predicted molar refractivity (Wildman–Crippen MR) is 226 cm³/mol. The largest absolute Gasteiger partial charge is 0.349 e. The summed E-state index contributed by atoms with van der Waals surface area (Å²) in [6.45, 7) is 4.14. The second-order valence-corrected chi connectivity index (χ2v) is 12.0. The van der Waals surface area contributed by atoms with Crippen molar-refractivity contribution in [2.45, 2.75) is 117 Å². The molecule has 5 nitrogen and oxygen atoms in total. The first kappa shape index (κ1) is 47.5. The van der Waals surface area contributed by atoms with Crippen LogP contribution in [0.15, 0.2) is 146 Å². The Bertz CT molecular complexity index is 1170. The van der Waals surface area contributed by atoms with Gasteiger partial charge in [0.1, 0.15) is 0 Å². The molecule has 0 heterocycles. The summed E-state index contributed by atoms with van der Waals surface area (Å²) in [6.07, 6.45) is 65.0. The van der Waals surface area contributed by atoms with Gasteiger partial charge in [-0.15, -0.1) is 0 Å². The molecule has 2 N–H and O–H groups in total. The minimum absolute atomic E-state index is 0.0734. The number of carbonyl (C=O) groups is 3. The fraction of sp³-hybridized carbons (Fsp3) is 0.426. The molecule has 2 amide bonds. The third kappa shape index (κ3) is 39.9. The molecule has 0 unspecified atom stereocenters. The second kappa shape index (κ2) is 40.9. The summed E-state index contributed by atoms with van der Waals surface area (Å²) in [6, 6.07) is 0. The van der Waals surface area contributed by atoms with Crippen molar-refractivity contribution in [3.05, 3.63) is 146 Å². The number of amides is 2. The van der Waals surface area contributed by atoms with Gasteiger partial charge in [0.15, 0.2) is 5.78 Å². The fourth-order valence-corrected chi connectivity index (χ4v) is 4.34. The maximum atomic E-state index is 12.1. The van der Waals surface area contributed by atoms with Crippen LogP contribution in [0.4, 0.5) is 0 Å². The lowest BCUT2D eigenvalue weighted by Gasteiger charge is -2.05. The number of Topliss-reactive ketones (excluding diaryl/α,β-unsaturated/α-hetero) is 1. The first-order valence-corrected chi connectivity index (χ1v) is 19.4. The highest BCUT2D eigenvalue weighted by Gasteiger charge is 2.07. The van der Waals surface area contributed by atoms with Gasteiger partial charge in [0.25, 0.3) is 0 Å². The summed E-state index contributed by atoms with van der Waals surface area (Å²) in [5.41, 5.74) is 0. The van der Waals surface area contributed by atoms with Crippen molar-refractivity contribution in [1.82, 2.24) is 10.6 Å². The molecule has 0 aromatic heterocycles. The van der Waals surface area contributed by atoms with Crippen molar-refractivity contribution in [3.8, 4) is 0 Å². The molecule has 0 spiro atoms. The van der Waals surface area contributed by atoms with Crippen molar-refractivity contribution in [1.29, 1.82) is 0 Å². The van der Waals surface area contributed by atoms with Crippen LogP contribution in [0.1, 0.15) is 117 Å². The Kier molecular flexibility index (Phi) is 37.4. The number of allylic oxidation sites excluding steroid dienone is 24. The van der Waals surface area contributed by atoms with Crippen LogP contribution in [0.2, 0.25) is 0 Å². The quantitative estimate of drug-likeness (QED) is 0.0683. The molecule has 0 atom stereocenters. The molecule has 52 heavy (non-hydrogen) atoms. The lowest BCUT2D eigenvalue weighted by Crippen LogP contribution is -2.36. The molecule has 0 rings (SSSR count). The summed E-state index contributed by atoms with van der Waals surface area (Å²) in [7, 11) is 0. The first-order valence-electron chi connectivity index (χ1n) is 19.4. The SMILES string of the molecule is CC/C=C\C/C=C\C/C=C\C/C=C\C/C=C\C/C=C\CCC(=O)NCC(=O)CNC(=O)CC/C=C\C/C=C\C/C=C\C/C=C\C/C=C\C/C=C\CC. The highest BCUT2D eigenvalue weighted by molar-refractivity contribution is 5.90. The molecule has 0 aliphatic heterocycles. The summed E-state index contributed by atoms with van der Waals surface area (Å²) in [5, 5.41) is 5.27. The van der Waals surface area contributed by atoms with Crippen molar-refractivity contribution in [3.63, 3.8) is 0 Å². The van der Waals surface area contributed by atoms with Gasteiger partial charge in [-0.1, -0.05) is 160 Å². The Morgan fingerprint density at radius 2 is 0.538 bits per heavy atom. The summed E-state index contributed by atoms with van der Waals surface area (Å²) >= 11 is 0. The molecule has 0 fully saturated rings. The van der Waals surface area contributed by atoms with Crippen LogP contribution in [-0.4, -0.2) is 30.7 Å². The van der Waals surface area contributed by atoms with Crippen LogP contribution in [-0.2, 0) is 14.4 Å². The Morgan fingerprint density at radius 1 is 0.327 bits per heavy atom. The second-order valence-electron chi connectivity index (χ2n) is 12.0. The number of hydrogen-bond donors (Lipinski definition) is 2. The molecule has 0 aliphatic rings.